The summed E-state index contributed by atoms with van der Waals surface area (Å²) in [7, 11) is 0. The fourth-order valence-corrected chi connectivity index (χ4v) is 1.42. The van der Waals surface area contributed by atoms with E-state index in [4.69, 9.17) is 0 Å². The Bertz CT molecular complexity index is 166. The lowest BCUT2D eigenvalue weighted by molar-refractivity contribution is 0.943. The molecule has 1 atom stereocenters. The SMILES string of the molecule is CC1C=CSC/C=C\C=C/1. The molecular formula is C9H12S. The molecule has 54 valence electrons. The zero-order chi connectivity index (χ0) is 7.23. The maximum Gasteiger partial charge on any atom is 0.0157 e. The maximum atomic E-state index is 2.22. The third kappa shape index (κ3) is 2.92. The van der Waals surface area contributed by atoms with E-state index in [0.29, 0.717) is 5.92 Å². The Hall–Kier alpha value is -0.430. The standard InChI is InChI=1S/C9H12S/c1-9-5-3-2-4-7-10-8-6-9/h2-6,8-9H,7H2,1H3/b4-2-,5-3-,8-6?. The second-order valence-corrected chi connectivity index (χ2v) is 3.27. The van der Waals surface area contributed by atoms with Crippen LogP contribution in [0.3, 0.4) is 0 Å². The lowest BCUT2D eigenvalue weighted by Gasteiger charge is -1.93. The highest BCUT2D eigenvalue weighted by Gasteiger charge is 1.88. The van der Waals surface area contributed by atoms with Gasteiger partial charge in [0.25, 0.3) is 0 Å². The smallest absolute Gasteiger partial charge is 0.0157 e. The second kappa shape index (κ2) is 4.40. The van der Waals surface area contributed by atoms with E-state index in [1.165, 1.54) is 0 Å². The monoisotopic (exact) mass is 152 g/mol. The molecule has 0 nitrogen and oxygen atoms in total. The van der Waals surface area contributed by atoms with Gasteiger partial charge in [0.05, 0.1) is 0 Å². The zero-order valence-corrected chi connectivity index (χ0v) is 6.97. The first kappa shape index (κ1) is 7.67. The van der Waals surface area contributed by atoms with Crippen LogP contribution in [0.25, 0.3) is 0 Å². The summed E-state index contributed by atoms with van der Waals surface area (Å²) in [4.78, 5) is 0. The lowest BCUT2D eigenvalue weighted by Crippen LogP contribution is -1.78. The van der Waals surface area contributed by atoms with E-state index in [2.05, 4.69) is 42.7 Å². The van der Waals surface area contributed by atoms with Crippen LogP contribution in [0, 0.1) is 5.92 Å². The molecule has 0 bridgehead atoms. The van der Waals surface area contributed by atoms with E-state index >= 15 is 0 Å². The van der Waals surface area contributed by atoms with Crippen LogP contribution < -0.4 is 0 Å². The first-order valence-corrected chi connectivity index (χ1v) is 4.56. The summed E-state index contributed by atoms with van der Waals surface area (Å²) in [6, 6.07) is 0. The van der Waals surface area contributed by atoms with Crippen LogP contribution >= 0.6 is 11.8 Å². The topological polar surface area (TPSA) is 0 Å². The predicted molar refractivity (Wildman–Crippen MR) is 49.0 cm³/mol. The first-order valence-electron chi connectivity index (χ1n) is 3.51. The Balaban J connectivity index is 2.55. The molecule has 10 heavy (non-hydrogen) atoms. The molecule has 1 rings (SSSR count). The number of thioether (sulfide) groups is 1. The highest BCUT2D eigenvalue weighted by atomic mass is 32.2. The molecule has 1 aliphatic heterocycles. The minimum Gasteiger partial charge on any atom is -0.130 e. The van der Waals surface area contributed by atoms with Crippen molar-refractivity contribution in [3.8, 4) is 0 Å². The molecule has 0 fully saturated rings. The van der Waals surface area contributed by atoms with Gasteiger partial charge in [-0.3, -0.25) is 0 Å². The first-order chi connectivity index (χ1) is 4.89. The Morgan fingerprint density at radius 1 is 1.30 bits per heavy atom. The summed E-state index contributed by atoms with van der Waals surface area (Å²) >= 11 is 1.84. The average molecular weight is 152 g/mol. The van der Waals surface area contributed by atoms with Gasteiger partial charge >= 0.3 is 0 Å². The highest BCUT2D eigenvalue weighted by molar-refractivity contribution is 8.02. The Morgan fingerprint density at radius 3 is 3.10 bits per heavy atom. The third-order valence-corrected chi connectivity index (χ3v) is 2.07. The van der Waals surface area contributed by atoms with Crippen molar-refractivity contribution < 1.29 is 0 Å². The fourth-order valence-electron chi connectivity index (χ4n) is 0.728. The van der Waals surface area contributed by atoms with Gasteiger partial charge in [0.1, 0.15) is 0 Å². The van der Waals surface area contributed by atoms with Gasteiger partial charge in [-0.15, -0.1) is 11.8 Å². The molecule has 1 unspecified atom stereocenters. The van der Waals surface area contributed by atoms with Gasteiger partial charge in [-0.05, 0) is 11.3 Å². The van der Waals surface area contributed by atoms with Crippen molar-refractivity contribution in [1.82, 2.24) is 0 Å². The van der Waals surface area contributed by atoms with Crippen molar-refractivity contribution >= 4 is 11.8 Å². The molecule has 0 aliphatic carbocycles. The van der Waals surface area contributed by atoms with Crippen molar-refractivity contribution in [2.75, 3.05) is 5.75 Å². The molecule has 1 heterocycles. The van der Waals surface area contributed by atoms with Crippen molar-refractivity contribution in [2.45, 2.75) is 6.92 Å². The zero-order valence-electron chi connectivity index (χ0n) is 6.16. The second-order valence-electron chi connectivity index (χ2n) is 2.33. The van der Waals surface area contributed by atoms with Crippen LogP contribution in [-0.2, 0) is 0 Å². The number of hydrogen-bond acceptors (Lipinski definition) is 1. The quantitative estimate of drug-likeness (QED) is 0.514. The van der Waals surface area contributed by atoms with Crippen molar-refractivity contribution in [1.29, 1.82) is 0 Å². The minimum atomic E-state index is 0.579. The molecule has 0 saturated heterocycles. The number of rotatable bonds is 0. The van der Waals surface area contributed by atoms with Gasteiger partial charge in [-0.25, -0.2) is 0 Å². The molecule has 0 aromatic carbocycles. The van der Waals surface area contributed by atoms with Crippen LogP contribution in [0.15, 0.2) is 35.8 Å². The largest absolute Gasteiger partial charge is 0.130 e. The molecule has 1 aliphatic rings. The fraction of sp³-hybridized carbons (Fsp3) is 0.333. The van der Waals surface area contributed by atoms with E-state index in [-0.39, 0.29) is 0 Å². The van der Waals surface area contributed by atoms with Crippen molar-refractivity contribution in [2.24, 2.45) is 5.92 Å². The van der Waals surface area contributed by atoms with Gasteiger partial charge in [0, 0.05) is 5.75 Å². The molecule has 0 amide bonds. The summed E-state index contributed by atoms with van der Waals surface area (Å²) in [5, 5.41) is 2.17. The highest BCUT2D eigenvalue weighted by Crippen LogP contribution is 2.09. The molecule has 0 radical (unpaired) electrons. The molecule has 0 spiro atoms. The normalized spacial score (nSPS) is 31.9. The molecule has 0 aromatic rings. The number of allylic oxidation sites excluding steroid dienone is 4. The summed E-state index contributed by atoms with van der Waals surface area (Å²) in [5.74, 6) is 1.67. The third-order valence-electron chi connectivity index (χ3n) is 1.33. The van der Waals surface area contributed by atoms with Crippen LogP contribution in [0.4, 0.5) is 0 Å². The minimum absolute atomic E-state index is 0.579. The average Bonchev–Trinajstić information content (AvgIpc) is 2.02. The summed E-state index contributed by atoms with van der Waals surface area (Å²) in [5.41, 5.74) is 0. The summed E-state index contributed by atoms with van der Waals surface area (Å²) < 4.78 is 0. The van der Waals surface area contributed by atoms with Gasteiger partial charge in [-0.1, -0.05) is 37.3 Å². The molecule has 0 N–H and O–H groups in total. The van der Waals surface area contributed by atoms with Gasteiger partial charge in [0.2, 0.25) is 0 Å². The van der Waals surface area contributed by atoms with Crippen LogP contribution in [0.2, 0.25) is 0 Å². The maximum absolute atomic E-state index is 2.22. The number of hydrogen-bond donors (Lipinski definition) is 0. The predicted octanol–water partition coefficient (Wildman–Crippen LogP) is 3.00. The van der Waals surface area contributed by atoms with Crippen LogP contribution in [0.5, 0.6) is 0 Å². The van der Waals surface area contributed by atoms with Crippen LogP contribution in [0.1, 0.15) is 6.92 Å². The van der Waals surface area contributed by atoms with E-state index in [9.17, 15) is 0 Å². The van der Waals surface area contributed by atoms with E-state index in [1.807, 2.05) is 11.8 Å². The summed E-state index contributed by atoms with van der Waals surface area (Å²) in [6.45, 7) is 2.19. The van der Waals surface area contributed by atoms with Gasteiger partial charge < -0.3 is 0 Å². The van der Waals surface area contributed by atoms with E-state index in [1.54, 1.807) is 0 Å². The molecule has 0 aromatic heterocycles. The summed E-state index contributed by atoms with van der Waals surface area (Å²) in [6.07, 6.45) is 10.8. The van der Waals surface area contributed by atoms with E-state index in [0.717, 1.165) is 5.75 Å². The van der Waals surface area contributed by atoms with E-state index < -0.39 is 0 Å². The van der Waals surface area contributed by atoms with Gasteiger partial charge in [0.15, 0.2) is 0 Å². The Labute approximate surface area is 66.7 Å². The van der Waals surface area contributed by atoms with Crippen LogP contribution in [-0.4, -0.2) is 5.75 Å². The molecule has 1 heteroatoms. The van der Waals surface area contributed by atoms with Crippen molar-refractivity contribution in [3.05, 3.63) is 35.8 Å². The van der Waals surface area contributed by atoms with Crippen molar-refractivity contribution in [3.63, 3.8) is 0 Å². The Kier molecular flexibility index (Phi) is 3.37. The molecule has 0 saturated carbocycles. The lowest BCUT2D eigenvalue weighted by atomic mass is 10.2. The van der Waals surface area contributed by atoms with Gasteiger partial charge in [-0.2, -0.15) is 0 Å². The molecular weight excluding hydrogens is 140 g/mol. The Morgan fingerprint density at radius 2 is 2.20 bits per heavy atom.